The van der Waals surface area contributed by atoms with E-state index in [0.717, 1.165) is 54.1 Å². The van der Waals surface area contributed by atoms with Crippen LogP contribution in [0.2, 0.25) is 0 Å². The lowest BCUT2D eigenvalue weighted by Gasteiger charge is -2.19. The fourth-order valence-electron chi connectivity index (χ4n) is 3.99. The first-order chi connectivity index (χ1) is 16.7. The van der Waals surface area contributed by atoms with E-state index in [9.17, 15) is 4.79 Å². The van der Waals surface area contributed by atoms with Crippen LogP contribution in [0.4, 0.5) is 17.2 Å². The Labute approximate surface area is 196 Å². The Morgan fingerprint density at radius 3 is 3.03 bits per heavy atom. The summed E-state index contributed by atoms with van der Waals surface area (Å²) < 4.78 is 5.47. The Morgan fingerprint density at radius 1 is 1.15 bits per heavy atom. The topological polar surface area (TPSA) is 121 Å². The van der Waals surface area contributed by atoms with E-state index < -0.39 is 0 Å². The summed E-state index contributed by atoms with van der Waals surface area (Å²) in [6, 6.07) is 9.61. The van der Waals surface area contributed by atoms with Gasteiger partial charge in [-0.05, 0) is 43.2 Å². The molecule has 1 fully saturated rings. The Bertz CT molecular complexity index is 1300. The molecule has 1 aliphatic heterocycles. The Hall–Kier alpha value is -3.89. The van der Waals surface area contributed by atoms with Crippen LogP contribution >= 0.6 is 0 Å². The molecule has 1 aromatic carbocycles. The number of benzene rings is 1. The molecule has 10 nitrogen and oxygen atoms in total. The van der Waals surface area contributed by atoms with Crippen molar-refractivity contribution in [2.45, 2.75) is 13.3 Å². The van der Waals surface area contributed by atoms with Gasteiger partial charge in [0.25, 0.3) is 0 Å². The van der Waals surface area contributed by atoms with Crippen LogP contribution in [0.15, 0.2) is 49.2 Å². The van der Waals surface area contributed by atoms with E-state index in [-0.39, 0.29) is 5.91 Å². The minimum absolute atomic E-state index is 0.0437. The van der Waals surface area contributed by atoms with Gasteiger partial charge in [-0.1, -0.05) is 6.07 Å². The van der Waals surface area contributed by atoms with E-state index in [1.807, 2.05) is 37.3 Å². The molecule has 5 rings (SSSR count). The number of aromatic amines is 1. The average molecular weight is 459 g/mol. The molecule has 0 atom stereocenters. The monoisotopic (exact) mass is 458 g/mol. The molecule has 4 aromatic rings. The summed E-state index contributed by atoms with van der Waals surface area (Å²) in [5, 5.41) is 6.43. The second kappa shape index (κ2) is 9.94. The first-order valence-electron chi connectivity index (χ1n) is 11.2. The molecule has 0 spiro atoms. The van der Waals surface area contributed by atoms with Crippen molar-refractivity contribution >= 4 is 34.3 Å². The average Bonchev–Trinajstić information content (AvgIpc) is 3.19. The van der Waals surface area contributed by atoms with Gasteiger partial charge >= 0.3 is 0 Å². The normalized spacial score (nSPS) is 14.6. The second-order valence-corrected chi connectivity index (χ2v) is 8.17. The van der Waals surface area contributed by atoms with Gasteiger partial charge in [-0.25, -0.2) is 19.9 Å². The molecular formula is C24H26N8O2. The van der Waals surface area contributed by atoms with Gasteiger partial charge in [0, 0.05) is 42.8 Å². The molecule has 0 bridgehead atoms. The van der Waals surface area contributed by atoms with Crippen molar-refractivity contribution in [1.29, 1.82) is 0 Å². The van der Waals surface area contributed by atoms with E-state index >= 15 is 0 Å². The number of nitrogens with one attached hydrogen (secondary N) is 3. The zero-order valence-corrected chi connectivity index (χ0v) is 18.9. The number of fused-ring (bicyclic) bond motifs is 1. The van der Waals surface area contributed by atoms with E-state index in [4.69, 9.17) is 4.74 Å². The van der Waals surface area contributed by atoms with Gasteiger partial charge in [-0.3, -0.25) is 9.69 Å². The third-order valence-electron chi connectivity index (χ3n) is 5.74. The van der Waals surface area contributed by atoms with E-state index in [1.54, 1.807) is 12.5 Å². The number of hydrogen-bond acceptors (Lipinski definition) is 8. The summed E-state index contributed by atoms with van der Waals surface area (Å²) in [7, 11) is 0. The van der Waals surface area contributed by atoms with Crippen molar-refractivity contribution in [2.75, 3.05) is 43.5 Å². The smallest absolute Gasteiger partial charge is 0.238 e. The molecule has 3 N–H and O–H groups in total. The molecule has 3 aromatic heterocycles. The lowest BCUT2D eigenvalue weighted by molar-refractivity contribution is -0.117. The molecular weight excluding hydrogens is 432 g/mol. The van der Waals surface area contributed by atoms with Gasteiger partial charge in [-0.15, -0.1) is 0 Å². The number of anilines is 3. The number of hydrogen-bond donors (Lipinski definition) is 3. The number of H-pyrrole nitrogens is 1. The first kappa shape index (κ1) is 21.9. The Kier molecular flexibility index (Phi) is 6.41. The standard InChI is InChI=1S/C24H26N8O2/c1-16-5-6-17(30-20(33)13-32-8-3-10-34-11-9-32)12-19(16)31-23-18(4-2-7-25-23)21-22-24(28-14-26-21)29-15-27-22/h2,4-7,12,14-15H,3,8-11,13H2,1H3,(H,25,31)(H,30,33)(H,26,27,28,29). The third kappa shape index (κ3) is 4.87. The number of aryl methyl sites for hydroxylation is 1. The highest BCUT2D eigenvalue weighted by molar-refractivity contribution is 5.94. The van der Waals surface area contributed by atoms with Crippen molar-refractivity contribution in [3.05, 3.63) is 54.7 Å². The van der Waals surface area contributed by atoms with Crippen LogP contribution in [-0.4, -0.2) is 68.6 Å². The number of amides is 1. The molecule has 0 aliphatic carbocycles. The maximum atomic E-state index is 12.6. The van der Waals surface area contributed by atoms with Crippen molar-refractivity contribution in [2.24, 2.45) is 0 Å². The fourth-order valence-corrected chi connectivity index (χ4v) is 3.99. The number of nitrogens with zero attached hydrogens (tertiary/aromatic N) is 5. The zero-order valence-electron chi connectivity index (χ0n) is 18.9. The van der Waals surface area contributed by atoms with E-state index in [1.165, 1.54) is 6.33 Å². The molecule has 0 unspecified atom stereocenters. The van der Waals surface area contributed by atoms with Gasteiger partial charge in [0.1, 0.15) is 23.4 Å². The number of rotatable bonds is 6. The Morgan fingerprint density at radius 2 is 2.09 bits per heavy atom. The van der Waals surface area contributed by atoms with Gasteiger partial charge in [-0.2, -0.15) is 0 Å². The second-order valence-electron chi connectivity index (χ2n) is 8.17. The lowest BCUT2D eigenvalue weighted by atomic mass is 10.1. The summed E-state index contributed by atoms with van der Waals surface area (Å²) >= 11 is 0. The SMILES string of the molecule is Cc1ccc(NC(=O)CN2CCCOCC2)cc1Nc1ncccc1-c1ncnc2nc[nH]c12. The third-order valence-corrected chi connectivity index (χ3v) is 5.74. The summed E-state index contributed by atoms with van der Waals surface area (Å²) in [4.78, 5) is 35.3. The van der Waals surface area contributed by atoms with Crippen LogP contribution in [0.3, 0.4) is 0 Å². The number of pyridine rings is 1. The van der Waals surface area contributed by atoms with Crippen LogP contribution in [-0.2, 0) is 9.53 Å². The summed E-state index contributed by atoms with van der Waals surface area (Å²) in [5.74, 6) is 0.603. The minimum atomic E-state index is -0.0437. The molecule has 0 radical (unpaired) electrons. The Balaban J connectivity index is 1.36. The summed E-state index contributed by atoms with van der Waals surface area (Å²) in [6.45, 7) is 5.40. The highest BCUT2D eigenvalue weighted by Crippen LogP contribution is 2.32. The molecule has 1 aliphatic rings. The molecule has 10 heteroatoms. The van der Waals surface area contributed by atoms with Crippen LogP contribution in [0, 0.1) is 6.92 Å². The van der Waals surface area contributed by atoms with E-state index in [0.29, 0.717) is 30.3 Å². The predicted molar refractivity (Wildman–Crippen MR) is 130 cm³/mol. The van der Waals surface area contributed by atoms with Crippen LogP contribution in [0.1, 0.15) is 12.0 Å². The van der Waals surface area contributed by atoms with Crippen LogP contribution in [0.5, 0.6) is 0 Å². The van der Waals surface area contributed by atoms with Gasteiger partial charge in [0.15, 0.2) is 5.65 Å². The number of carbonyl (C=O) groups excluding carboxylic acids is 1. The summed E-state index contributed by atoms with van der Waals surface area (Å²) in [5.41, 5.74) is 5.45. The first-order valence-corrected chi connectivity index (χ1v) is 11.2. The molecule has 0 saturated carbocycles. The molecule has 174 valence electrons. The maximum Gasteiger partial charge on any atom is 0.238 e. The quantitative estimate of drug-likeness (QED) is 0.403. The fraction of sp³-hybridized carbons (Fsp3) is 0.292. The molecule has 1 amide bonds. The summed E-state index contributed by atoms with van der Waals surface area (Å²) in [6.07, 6.45) is 5.76. The lowest BCUT2D eigenvalue weighted by Crippen LogP contribution is -2.34. The number of carbonyl (C=O) groups is 1. The number of ether oxygens (including phenoxy) is 1. The highest BCUT2D eigenvalue weighted by Gasteiger charge is 2.16. The predicted octanol–water partition coefficient (Wildman–Crippen LogP) is 3.13. The maximum absolute atomic E-state index is 12.6. The van der Waals surface area contributed by atoms with Crippen LogP contribution in [0.25, 0.3) is 22.4 Å². The van der Waals surface area contributed by atoms with Gasteiger partial charge < -0.3 is 20.4 Å². The number of imidazole rings is 1. The molecule has 34 heavy (non-hydrogen) atoms. The zero-order chi connectivity index (χ0) is 23.3. The number of aromatic nitrogens is 5. The van der Waals surface area contributed by atoms with E-state index in [2.05, 4.69) is 40.5 Å². The largest absolute Gasteiger partial charge is 0.380 e. The van der Waals surface area contributed by atoms with Crippen molar-refractivity contribution < 1.29 is 9.53 Å². The molecule has 4 heterocycles. The highest BCUT2D eigenvalue weighted by atomic mass is 16.5. The van der Waals surface area contributed by atoms with Crippen LogP contribution < -0.4 is 10.6 Å². The molecule has 1 saturated heterocycles. The van der Waals surface area contributed by atoms with Gasteiger partial charge in [0.2, 0.25) is 5.91 Å². The van der Waals surface area contributed by atoms with Crippen molar-refractivity contribution in [3.8, 4) is 11.3 Å². The van der Waals surface area contributed by atoms with Crippen molar-refractivity contribution in [1.82, 2.24) is 29.8 Å². The minimum Gasteiger partial charge on any atom is -0.380 e. The van der Waals surface area contributed by atoms with Gasteiger partial charge in [0.05, 0.1) is 19.5 Å². The van der Waals surface area contributed by atoms with Crippen molar-refractivity contribution in [3.63, 3.8) is 0 Å².